The molecule has 2 radical (unpaired) electrons. The molecule has 0 bridgehead atoms. The van der Waals surface area contributed by atoms with Crippen LogP contribution in [0.15, 0.2) is 0 Å². The highest BCUT2D eigenvalue weighted by Crippen LogP contribution is 1.48. The third-order valence-corrected chi connectivity index (χ3v) is 0.207. The molecule has 0 atom stereocenters. The van der Waals surface area contributed by atoms with E-state index in [-0.39, 0.29) is 0 Å². The van der Waals surface area contributed by atoms with Crippen molar-refractivity contribution in [1.29, 1.82) is 1.34 Å². The first-order valence-electron chi connectivity index (χ1n) is 1.88. The number of amides is 1. The van der Waals surface area contributed by atoms with Gasteiger partial charge in [-0.25, -0.2) is 4.79 Å². The van der Waals surface area contributed by atoms with Crippen LogP contribution in [0.5, 0.6) is 0 Å². The normalized spacial score (nSPS) is 9.00. The quantitative estimate of drug-likeness (QED) is 0.388. The van der Waals surface area contributed by atoms with Gasteiger partial charge in [0.15, 0.2) is 7.27 Å². The summed E-state index contributed by atoms with van der Waals surface area (Å²) in [7, 11) is 3.44. The average Bonchev–Trinajstić information content (AvgIpc) is 1.27. The summed E-state index contributed by atoms with van der Waals surface area (Å²) < 4.78 is 6.39. The Balaban J connectivity index is 3.13. The lowest BCUT2D eigenvalue weighted by Crippen LogP contribution is -2.25. The van der Waals surface area contributed by atoms with Crippen molar-refractivity contribution in [1.82, 2.24) is 5.23 Å². The molecule has 0 spiro atoms. The monoisotopic (exact) mass is 85.0 g/mol. The van der Waals surface area contributed by atoms with Gasteiger partial charge in [-0.1, -0.05) is 0 Å². The molecule has 0 aromatic heterocycles. The molecule has 0 aliphatic heterocycles. The maximum atomic E-state index is 9.50. The van der Waals surface area contributed by atoms with Gasteiger partial charge in [0.1, 0.15) is 0 Å². The first-order valence-corrected chi connectivity index (χ1v) is 1.30. The van der Waals surface area contributed by atoms with E-state index in [1.54, 1.807) is 5.23 Å². The molecule has 30 valence electrons. The van der Waals surface area contributed by atoms with Crippen molar-refractivity contribution in [3.8, 4) is 0 Å². The van der Waals surface area contributed by atoms with Gasteiger partial charge in [0.25, 0.3) is 0 Å². The molecule has 0 fully saturated rings. The van der Waals surface area contributed by atoms with Gasteiger partial charge in [-0.3, -0.25) is 0 Å². The van der Waals surface area contributed by atoms with Gasteiger partial charge >= 0.3 is 6.09 Å². The minimum Gasteiger partial charge on any atom is -0.466 e. The van der Waals surface area contributed by atoms with Crippen molar-refractivity contribution < 1.29 is 9.90 Å². The van der Waals surface area contributed by atoms with Crippen LogP contribution in [-0.4, -0.2) is 27.5 Å². The fourth-order valence-corrected chi connectivity index (χ4v) is 0.0713. The summed E-state index contributed by atoms with van der Waals surface area (Å²) in [6.45, 7) is 0. The van der Waals surface area contributed by atoms with Gasteiger partial charge in [0.2, 0.25) is 0 Å². The maximum Gasteiger partial charge on any atom is 0.391 e. The predicted molar refractivity (Wildman–Crippen MR) is 24.1 cm³/mol. The molecule has 1 amide bonds. The summed E-state index contributed by atoms with van der Waals surface area (Å²) >= 11 is 0. The predicted octanol–water partition coefficient (Wildman–Crippen LogP) is -1.31. The highest BCUT2D eigenvalue weighted by Gasteiger charge is 1.84. The zero-order valence-corrected chi connectivity index (χ0v) is 3.01. The largest absolute Gasteiger partial charge is 0.466 e. The van der Waals surface area contributed by atoms with E-state index >= 15 is 0 Å². The van der Waals surface area contributed by atoms with Crippen LogP contribution < -0.4 is 5.23 Å². The van der Waals surface area contributed by atoms with Gasteiger partial charge in [0.05, 0.1) is 0 Å². The second-order valence-corrected chi connectivity index (χ2v) is 0.616. The van der Waals surface area contributed by atoms with Gasteiger partial charge in [-0.05, 0) is 1.34 Å². The van der Waals surface area contributed by atoms with Crippen LogP contribution in [-0.2, 0) is 0 Å². The molecule has 3 nitrogen and oxygen atoms in total. The number of carbonyl (C=O) groups is 1. The van der Waals surface area contributed by atoms with E-state index in [0.29, 0.717) is 0 Å². The first-order chi connectivity index (χ1) is 3.13. The average molecular weight is 84.7 g/mol. The van der Waals surface area contributed by atoms with E-state index in [9.17, 15) is 4.79 Å². The minimum absolute atomic E-state index is 1.22. The zero-order valence-electron chi connectivity index (χ0n) is 4.01. The van der Waals surface area contributed by atoms with E-state index in [1.807, 2.05) is 0 Å². The summed E-state index contributed by atoms with van der Waals surface area (Å²) in [4.78, 5) is 9.50. The number of nitrogens with one attached hydrogen (secondary N) is 1. The Labute approximate surface area is 38.7 Å². The number of carboxylic acid groups (broad SMARTS) is 1. The number of hydrogen-bond donors (Lipinski definition) is 2. The third-order valence-electron chi connectivity index (χ3n) is 0.207. The highest BCUT2D eigenvalue weighted by molar-refractivity contribution is 6.88. The molecule has 2 N–H and O–H groups in total. The van der Waals surface area contributed by atoms with E-state index in [4.69, 9.17) is 6.44 Å². The van der Waals surface area contributed by atoms with Gasteiger partial charge in [-0.15, -0.1) is 0 Å². The molecule has 5 heteroatoms. The summed E-state index contributed by atoms with van der Waals surface area (Å²) in [5, 5.41) is 9.44. The number of rotatable bonds is 1. The van der Waals surface area contributed by atoms with Crippen LogP contribution in [0.25, 0.3) is 0 Å². The molecule has 6 heavy (non-hydrogen) atoms. The molecule has 0 saturated heterocycles. The standard InChI is InChI=1S/CH3B2NO2/c2-3-4-1(5)6/h3-4H,(H,5,6)/i3T. The Kier molecular flexibility index (Phi) is 1.57. The van der Waals surface area contributed by atoms with Crippen molar-refractivity contribution in [3.05, 3.63) is 0 Å². The van der Waals surface area contributed by atoms with Crippen LogP contribution >= 0.6 is 0 Å². The van der Waals surface area contributed by atoms with Crippen molar-refractivity contribution in [2.75, 3.05) is 0 Å². The molecular weight excluding hydrogens is 79.6 g/mol. The van der Waals surface area contributed by atoms with E-state index in [0.717, 1.165) is 0 Å². The van der Waals surface area contributed by atoms with E-state index in [2.05, 4.69) is 7.74 Å². The summed E-state index contributed by atoms with van der Waals surface area (Å²) in [6.07, 6.45) is -1.28. The second kappa shape index (κ2) is 2.63. The molecule has 0 aromatic rings. The van der Waals surface area contributed by atoms with E-state index < -0.39 is 13.4 Å². The number of hydrogen-bond acceptors (Lipinski definition) is 1. The second-order valence-electron chi connectivity index (χ2n) is 0.616. The smallest absolute Gasteiger partial charge is 0.391 e. The fourth-order valence-electron chi connectivity index (χ4n) is 0.0713. The Hall–Kier alpha value is -0.600. The Bertz CT molecular complexity index is 76.1. The maximum absolute atomic E-state index is 9.50. The Morgan fingerprint density at radius 1 is 2.33 bits per heavy atom. The first kappa shape index (κ1) is 3.59. The van der Waals surface area contributed by atoms with Crippen LogP contribution in [0.2, 0.25) is 0 Å². The van der Waals surface area contributed by atoms with Gasteiger partial charge in [0, 0.05) is 7.74 Å². The minimum atomic E-state index is -1.28. The summed E-state index contributed by atoms with van der Waals surface area (Å²) in [5.74, 6) is 0. The molecule has 0 unspecified atom stereocenters. The summed E-state index contributed by atoms with van der Waals surface area (Å²) in [5.41, 5.74) is 0. The van der Waals surface area contributed by atoms with Crippen molar-refractivity contribution in [2.45, 2.75) is 0 Å². The summed E-state index contributed by atoms with van der Waals surface area (Å²) in [6, 6.07) is 0. The SMILES string of the molecule is [3H]B([B])NC(=O)O. The molecule has 0 rings (SSSR count). The van der Waals surface area contributed by atoms with Crippen LogP contribution in [0.4, 0.5) is 4.79 Å². The molecule has 0 aliphatic rings. The topological polar surface area (TPSA) is 49.3 Å². The highest BCUT2D eigenvalue weighted by atomic mass is 16.4. The molecule has 0 aromatic carbocycles. The van der Waals surface area contributed by atoms with E-state index in [1.165, 1.54) is 0 Å². The van der Waals surface area contributed by atoms with Crippen LogP contribution in [0.1, 0.15) is 0 Å². The lowest BCUT2D eigenvalue weighted by molar-refractivity contribution is 0.201. The molecule has 0 saturated carbocycles. The van der Waals surface area contributed by atoms with Gasteiger partial charge in [-0.2, -0.15) is 0 Å². The van der Waals surface area contributed by atoms with Gasteiger partial charge < -0.3 is 10.3 Å². The lowest BCUT2D eigenvalue weighted by Gasteiger charge is -1.85. The third kappa shape index (κ3) is 3.40. The molecule has 0 heterocycles. The van der Waals surface area contributed by atoms with Crippen LogP contribution in [0, 0.1) is 0 Å². The molecule has 0 aliphatic carbocycles. The Morgan fingerprint density at radius 3 is 2.83 bits per heavy atom. The van der Waals surface area contributed by atoms with Crippen LogP contribution in [0.3, 0.4) is 0 Å². The molecular formula is CH3B2NO2. The Morgan fingerprint density at radius 2 is 2.83 bits per heavy atom. The lowest BCUT2D eigenvalue weighted by atomic mass is 9.67. The van der Waals surface area contributed by atoms with Crippen molar-refractivity contribution in [3.63, 3.8) is 0 Å². The fraction of sp³-hybridized carbons (Fsp3) is 0. The van der Waals surface area contributed by atoms with Crippen molar-refractivity contribution in [2.24, 2.45) is 0 Å². The van der Waals surface area contributed by atoms with Crippen molar-refractivity contribution >= 4 is 21.1 Å². The zero-order chi connectivity index (χ0) is 5.86.